The zero-order valence-electron chi connectivity index (χ0n) is 17.4. The Hall–Kier alpha value is -3.35. The van der Waals surface area contributed by atoms with Crippen LogP contribution in [0.15, 0.2) is 18.3 Å². The lowest BCUT2D eigenvalue weighted by Gasteiger charge is -2.36. The summed E-state index contributed by atoms with van der Waals surface area (Å²) in [5.41, 5.74) is 5.59. The molecule has 1 aliphatic rings. The van der Waals surface area contributed by atoms with Gasteiger partial charge in [0.05, 0.1) is 25.5 Å². The molecule has 0 unspecified atom stereocenters. The molecule has 2 heterocycles. The van der Waals surface area contributed by atoms with Crippen LogP contribution >= 0.6 is 12.2 Å². The Morgan fingerprint density at radius 1 is 1.19 bits per heavy atom. The second-order valence-electron chi connectivity index (χ2n) is 7.09. The standard InChI is InChI=1S/C19H23F2N7O3S/c1-31-19(32)23-10-12-11-28(25-24-12)13-8-14(20)18(15(21)9-13)27-6-4-26(5-7-27)17(30)3-2-16(22)29/h8-9,11H,2-7,10H2,1H3,(H2,22,29)(H,23,32). The van der Waals surface area contributed by atoms with Gasteiger partial charge in [-0.15, -0.1) is 5.10 Å². The number of nitrogens with zero attached hydrogens (tertiary/aromatic N) is 5. The first-order valence-electron chi connectivity index (χ1n) is 9.82. The number of halogens is 2. The van der Waals surface area contributed by atoms with Crippen molar-refractivity contribution in [3.8, 4) is 5.69 Å². The van der Waals surface area contributed by atoms with Crippen molar-refractivity contribution in [2.24, 2.45) is 5.73 Å². The summed E-state index contributed by atoms with van der Waals surface area (Å²) in [5, 5.41) is 10.8. The molecule has 10 nitrogen and oxygen atoms in total. The van der Waals surface area contributed by atoms with Crippen LogP contribution in [0.3, 0.4) is 0 Å². The number of aromatic nitrogens is 3. The van der Waals surface area contributed by atoms with Gasteiger partial charge in [0.2, 0.25) is 11.8 Å². The van der Waals surface area contributed by atoms with Crippen molar-refractivity contribution in [3.05, 3.63) is 35.7 Å². The second-order valence-corrected chi connectivity index (χ2v) is 7.46. The molecule has 172 valence electrons. The number of nitrogens with two attached hydrogens (primary N) is 1. The summed E-state index contributed by atoms with van der Waals surface area (Å²) in [6, 6.07) is 2.35. The van der Waals surface area contributed by atoms with Gasteiger partial charge in [0.15, 0.2) is 11.6 Å². The van der Waals surface area contributed by atoms with E-state index >= 15 is 0 Å². The van der Waals surface area contributed by atoms with Gasteiger partial charge in [-0.1, -0.05) is 5.21 Å². The Bertz CT molecular complexity index is 986. The molecule has 0 radical (unpaired) electrons. The summed E-state index contributed by atoms with van der Waals surface area (Å²) in [5.74, 6) is -2.24. The molecule has 2 aromatic rings. The molecule has 1 fully saturated rings. The zero-order valence-corrected chi connectivity index (χ0v) is 18.2. The van der Waals surface area contributed by atoms with Crippen LogP contribution in [-0.4, -0.2) is 70.2 Å². The zero-order chi connectivity index (χ0) is 23.3. The average molecular weight is 468 g/mol. The van der Waals surface area contributed by atoms with E-state index in [1.165, 1.54) is 30.1 Å². The Labute approximate surface area is 188 Å². The molecule has 1 aromatic heterocycles. The number of hydrogen-bond donors (Lipinski definition) is 2. The van der Waals surface area contributed by atoms with Gasteiger partial charge < -0.3 is 25.6 Å². The van der Waals surface area contributed by atoms with E-state index in [-0.39, 0.29) is 54.9 Å². The van der Waals surface area contributed by atoms with Crippen LogP contribution in [-0.2, 0) is 20.9 Å². The monoisotopic (exact) mass is 467 g/mol. The first kappa shape index (κ1) is 23.3. The highest BCUT2D eigenvalue weighted by Gasteiger charge is 2.25. The quantitative estimate of drug-likeness (QED) is 0.565. The van der Waals surface area contributed by atoms with E-state index in [0.717, 1.165) is 0 Å². The molecular weight excluding hydrogens is 444 g/mol. The maximum Gasteiger partial charge on any atom is 0.256 e. The van der Waals surface area contributed by atoms with E-state index in [4.69, 9.17) is 22.7 Å². The molecule has 1 aromatic carbocycles. The number of methoxy groups -OCH3 is 1. The molecule has 0 aliphatic carbocycles. The largest absolute Gasteiger partial charge is 0.474 e. The fourth-order valence-corrected chi connectivity index (χ4v) is 3.37. The van der Waals surface area contributed by atoms with Crippen molar-refractivity contribution in [2.45, 2.75) is 19.4 Å². The molecule has 1 aliphatic heterocycles. The molecule has 3 N–H and O–H groups in total. The third-order valence-corrected chi connectivity index (χ3v) is 5.25. The smallest absolute Gasteiger partial charge is 0.256 e. The fourth-order valence-electron chi connectivity index (χ4n) is 3.29. The fraction of sp³-hybridized carbons (Fsp3) is 0.421. The van der Waals surface area contributed by atoms with Crippen molar-refractivity contribution in [1.29, 1.82) is 0 Å². The number of rotatable bonds is 7. The van der Waals surface area contributed by atoms with E-state index in [1.807, 2.05) is 0 Å². The number of benzene rings is 1. The SMILES string of the molecule is COC(=S)NCc1cn(-c2cc(F)c(N3CCN(C(=O)CCC(N)=O)CC3)c(F)c2)nn1. The second kappa shape index (κ2) is 10.3. The summed E-state index contributed by atoms with van der Waals surface area (Å²) in [6.07, 6.45) is 1.53. The predicted molar refractivity (Wildman–Crippen MR) is 115 cm³/mol. The molecule has 2 amide bonds. The van der Waals surface area contributed by atoms with Crippen LogP contribution < -0.4 is 16.0 Å². The number of anilines is 1. The molecule has 1 saturated heterocycles. The minimum Gasteiger partial charge on any atom is -0.474 e. The lowest BCUT2D eigenvalue weighted by atomic mass is 10.2. The maximum absolute atomic E-state index is 14.8. The van der Waals surface area contributed by atoms with Crippen molar-refractivity contribution in [1.82, 2.24) is 25.2 Å². The number of carbonyl (C=O) groups is 2. The van der Waals surface area contributed by atoms with E-state index in [1.54, 1.807) is 9.80 Å². The number of thiocarbonyl (C=S) groups is 1. The van der Waals surface area contributed by atoms with Gasteiger partial charge in [-0.05, 0) is 12.2 Å². The lowest BCUT2D eigenvalue weighted by molar-refractivity contribution is -0.133. The predicted octanol–water partition coefficient (Wildman–Crippen LogP) is 0.481. The number of primary amides is 1. The van der Waals surface area contributed by atoms with Crippen LogP contribution in [0.1, 0.15) is 18.5 Å². The summed E-state index contributed by atoms with van der Waals surface area (Å²) in [6.45, 7) is 1.35. The number of piperazine rings is 1. The van der Waals surface area contributed by atoms with Crippen molar-refractivity contribution in [3.63, 3.8) is 0 Å². The molecule has 3 rings (SSSR count). The number of nitrogens with one attached hydrogen (secondary N) is 1. The molecule has 32 heavy (non-hydrogen) atoms. The minimum atomic E-state index is -0.746. The van der Waals surface area contributed by atoms with Crippen molar-refractivity contribution in [2.75, 3.05) is 38.2 Å². The first-order valence-corrected chi connectivity index (χ1v) is 10.2. The van der Waals surface area contributed by atoms with Crippen LogP contribution in [0.2, 0.25) is 0 Å². The van der Waals surface area contributed by atoms with Crippen LogP contribution in [0, 0.1) is 11.6 Å². The molecule has 0 saturated carbocycles. The highest BCUT2D eigenvalue weighted by Crippen LogP contribution is 2.27. The Balaban J connectivity index is 1.65. The van der Waals surface area contributed by atoms with E-state index < -0.39 is 17.5 Å². The van der Waals surface area contributed by atoms with E-state index in [9.17, 15) is 18.4 Å². The molecule has 0 spiro atoms. The topological polar surface area (TPSA) is 119 Å². The van der Waals surface area contributed by atoms with Gasteiger partial charge in [-0.3, -0.25) is 9.59 Å². The molecule has 0 bridgehead atoms. The van der Waals surface area contributed by atoms with Gasteiger partial charge in [0, 0.05) is 51.2 Å². The van der Waals surface area contributed by atoms with E-state index in [2.05, 4.69) is 15.6 Å². The van der Waals surface area contributed by atoms with E-state index in [0.29, 0.717) is 18.8 Å². The number of ether oxygens (including phenoxy) is 1. The third-order valence-electron chi connectivity index (χ3n) is 4.94. The molecule has 0 atom stereocenters. The Kier molecular flexibility index (Phi) is 7.51. The highest BCUT2D eigenvalue weighted by atomic mass is 32.1. The van der Waals surface area contributed by atoms with Gasteiger partial charge in [0.25, 0.3) is 5.17 Å². The minimum absolute atomic E-state index is 0.0249. The Morgan fingerprint density at radius 3 is 2.44 bits per heavy atom. The summed E-state index contributed by atoms with van der Waals surface area (Å²) >= 11 is 4.88. The van der Waals surface area contributed by atoms with Crippen LogP contribution in [0.4, 0.5) is 14.5 Å². The van der Waals surface area contributed by atoms with Gasteiger partial charge in [-0.2, -0.15) is 0 Å². The number of amides is 2. The van der Waals surface area contributed by atoms with Gasteiger partial charge >= 0.3 is 0 Å². The first-order chi connectivity index (χ1) is 15.3. The van der Waals surface area contributed by atoms with Gasteiger partial charge in [-0.25, -0.2) is 13.5 Å². The van der Waals surface area contributed by atoms with Crippen molar-refractivity contribution < 1.29 is 23.1 Å². The van der Waals surface area contributed by atoms with Crippen LogP contribution in [0.25, 0.3) is 5.69 Å². The molecule has 13 heteroatoms. The highest BCUT2D eigenvalue weighted by molar-refractivity contribution is 7.80. The van der Waals surface area contributed by atoms with Crippen molar-refractivity contribution >= 4 is 34.9 Å². The Morgan fingerprint density at radius 2 is 1.84 bits per heavy atom. The number of hydrogen-bond acceptors (Lipinski definition) is 7. The molecular formula is C19H23F2N7O3S. The number of carbonyl (C=O) groups excluding carboxylic acids is 2. The lowest BCUT2D eigenvalue weighted by Crippen LogP contribution is -2.49. The third kappa shape index (κ3) is 5.66. The maximum atomic E-state index is 14.8. The summed E-state index contributed by atoms with van der Waals surface area (Å²) < 4.78 is 35.8. The van der Waals surface area contributed by atoms with Gasteiger partial charge in [0.1, 0.15) is 11.4 Å². The normalized spacial score (nSPS) is 13.7. The van der Waals surface area contributed by atoms with Crippen LogP contribution in [0.5, 0.6) is 0 Å². The summed E-state index contributed by atoms with van der Waals surface area (Å²) in [4.78, 5) is 26.0. The average Bonchev–Trinajstić information content (AvgIpc) is 3.25. The summed E-state index contributed by atoms with van der Waals surface area (Å²) in [7, 11) is 1.43.